The van der Waals surface area contributed by atoms with Crippen LogP contribution in [0.5, 0.6) is 0 Å². The molecule has 0 saturated heterocycles. The van der Waals surface area contributed by atoms with Gasteiger partial charge in [0.1, 0.15) is 5.01 Å². The van der Waals surface area contributed by atoms with Gasteiger partial charge in [-0.15, -0.1) is 21.5 Å². The third kappa shape index (κ3) is 2.73. The van der Waals surface area contributed by atoms with Crippen LogP contribution in [0.4, 0.5) is 5.13 Å². The van der Waals surface area contributed by atoms with Gasteiger partial charge in [-0.1, -0.05) is 18.3 Å². The summed E-state index contributed by atoms with van der Waals surface area (Å²) in [5.74, 6) is 0. The quantitative estimate of drug-likeness (QED) is 0.892. The van der Waals surface area contributed by atoms with Crippen molar-refractivity contribution in [3.63, 3.8) is 0 Å². The maximum absolute atomic E-state index is 4.20. The summed E-state index contributed by atoms with van der Waals surface area (Å²) in [6.07, 6.45) is 2.84. The van der Waals surface area contributed by atoms with Crippen molar-refractivity contribution < 1.29 is 0 Å². The zero-order valence-electron chi connectivity index (χ0n) is 8.65. The molecule has 2 heterocycles. The smallest absolute Gasteiger partial charge is 0.205 e. The lowest BCUT2D eigenvalue weighted by atomic mass is 10.5. The first-order chi connectivity index (χ1) is 7.28. The van der Waals surface area contributed by atoms with Gasteiger partial charge in [-0.05, 0) is 13.3 Å². The molecule has 0 amide bonds. The minimum atomic E-state index is 0.782. The van der Waals surface area contributed by atoms with E-state index in [-0.39, 0.29) is 0 Å². The Morgan fingerprint density at radius 2 is 2.20 bits per heavy atom. The van der Waals surface area contributed by atoms with Crippen LogP contribution in [0.3, 0.4) is 0 Å². The second kappa shape index (κ2) is 4.67. The number of nitrogens with one attached hydrogen (secondary N) is 1. The Kier molecular flexibility index (Phi) is 3.27. The van der Waals surface area contributed by atoms with Crippen LogP contribution in [0.15, 0.2) is 6.20 Å². The van der Waals surface area contributed by atoms with Crippen molar-refractivity contribution in [2.24, 2.45) is 0 Å². The predicted molar refractivity (Wildman–Crippen MR) is 63.5 cm³/mol. The third-order valence-corrected chi connectivity index (χ3v) is 3.79. The molecular formula is C9H12N4S2. The molecule has 0 atom stereocenters. The normalized spacial score (nSPS) is 10.5. The first kappa shape index (κ1) is 10.5. The number of anilines is 1. The van der Waals surface area contributed by atoms with E-state index in [0.717, 1.165) is 28.1 Å². The highest BCUT2D eigenvalue weighted by molar-refractivity contribution is 7.15. The molecule has 0 aromatic carbocycles. The predicted octanol–water partition coefficient (Wildman–Crippen LogP) is 2.48. The van der Waals surface area contributed by atoms with E-state index in [1.165, 1.54) is 4.88 Å². The second-order valence-corrected chi connectivity index (χ2v) is 5.44. The molecule has 2 aromatic rings. The first-order valence-corrected chi connectivity index (χ1v) is 6.38. The summed E-state index contributed by atoms with van der Waals surface area (Å²) in [7, 11) is 0. The van der Waals surface area contributed by atoms with Crippen LogP contribution >= 0.6 is 22.7 Å². The number of aromatic nitrogens is 3. The van der Waals surface area contributed by atoms with Gasteiger partial charge in [0.25, 0.3) is 0 Å². The van der Waals surface area contributed by atoms with Gasteiger partial charge < -0.3 is 5.32 Å². The van der Waals surface area contributed by atoms with Crippen LogP contribution < -0.4 is 5.32 Å². The molecule has 0 bridgehead atoms. The molecule has 2 rings (SSSR count). The molecule has 0 unspecified atom stereocenters. The number of nitrogens with zero attached hydrogens (tertiary/aromatic N) is 3. The number of thiazole rings is 1. The van der Waals surface area contributed by atoms with Crippen molar-refractivity contribution in [2.75, 3.05) is 5.32 Å². The number of hydrogen-bond acceptors (Lipinski definition) is 6. The van der Waals surface area contributed by atoms with Crippen LogP contribution in [-0.4, -0.2) is 15.2 Å². The fourth-order valence-corrected chi connectivity index (χ4v) is 2.53. The lowest BCUT2D eigenvalue weighted by molar-refractivity contribution is 0.977. The molecule has 0 aliphatic heterocycles. The molecule has 0 radical (unpaired) electrons. The average molecular weight is 240 g/mol. The van der Waals surface area contributed by atoms with Crippen LogP contribution in [0.1, 0.15) is 21.8 Å². The van der Waals surface area contributed by atoms with Gasteiger partial charge in [-0.2, -0.15) is 0 Å². The summed E-state index contributed by atoms with van der Waals surface area (Å²) in [5, 5.41) is 14.4. The first-order valence-electron chi connectivity index (χ1n) is 4.75. The summed E-state index contributed by atoms with van der Waals surface area (Å²) < 4.78 is 0. The van der Waals surface area contributed by atoms with E-state index in [9.17, 15) is 0 Å². The van der Waals surface area contributed by atoms with Crippen molar-refractivity contribution in [1.29, 1.82) is 0 Å². The number of hydrogen-bond donors (Lipinski definition) is 1. The fraction of sp³-hybridized carbons (Fsp3) is 0.444. The van der Waals surface area contributed by atoms with Crippen LogP contribution in [0.25, 0.3) is 0 Å². The van der Waals surface area contributed by atoms with E-state index in [1.807, 2.05) is 13.1 Å². The summed E-state index contributed by atoms with van der Waals surface area (Å²) in [5.41, 5.74) is 0. The summed E-state index contributed by atoms with van der Waals surface area (Å²) in [4.78, 5) is 5.42. The molecule has 4 nitrogen and oxygen atoms in total. The van der Waals surface area contributed by atoms with Crippen molar-refractivity contribution in [1.82, 2.24) is 15.2 Å². The monoisotopic (exact) mass is 240 g/mol. The molecule has 0 fully saturated rings. The van der Waals surface area contributed by atoms with Crippen molar-refractivity contribution in [3.05, 3.63) is 21.1 Å². The molecule has 0 spiro atoms. The van der Waals surface area contributed by atoms with Crippen molar-refractivity contribution >= 4 is 27.8 Å². The molecule has 15 heavy (non-hydrogen) atoms. The van der Waals surface area contributed by atoms with Gasteiger partial charge in [0.15, 0.2) is 0 Å². The SMILES string of the molecule is CCc1nnc(NCc2cnc(C)s2)s1. The van der Waals surface area contributed by atoms with Gasteiger partial charge in [0, 0.05) is 11.1 Å². The maximum atomic E-state index is 4.20. The van der Waals surface area contributed by atoms with Gasteiger partial charge in [-0.25, -0.2) is 4.98 Å². The maximum Gasteiger partial charge on any atom is 0.205 e. The number of rotatable bonds is 4. The molecule has 0 aliphatic rings. The molecule has 0 saturated carbocycles. The Labute approximate surface area is 96.4 Å². The fourth-order valence-electron chi connectivity index (χ4n) is 1.12. The molecule has 2 aromatic heterocycles. The molecule has 6 heteroatoms. The zero-order valence-corrected chi connectivity index (χ0v) is 10.3. The Morgan fingerprint density at radius 1 is 1.33 bits per heavy atom. The standard InChI is InChI=1S/C9H12N4S2/c1-3-8-12-13-9(15-8)11-5-7-4-10-6(2)14-7/h4H,3,5H2,1-2H3,(H,11,13). The minimum Gasteiger partial charge on any atom is -0.355 e. The third-order valence-electron chi connectivity index (χ3n) is 1.85. The summed E-state index contributed by atoms with van der Waals surface area (Å²) >= 11 is 3.31. The average Bonchev–Trinajstić information content (AvgIpc) is 2.83. The molecule has 1 N–H and O–H groups in total. The Balaban J connectivity index is 1.93. The van der Waals surface area contributed by atoms with Crippen LogP contribution in [-0.2, 0) is 13.0 Å². The van der Waals surface area contributed by atoms with Gasteiger partial charge >= 0.3 is 0 Å². The van der Waals surface area contributed by atoms with Crippen molar-refractivity contribution in [2.45, 2.75) is 26.8 Å². The highest BCUT2D eigenvalue weighted by Gasteiger charge is 2.02. The number of aryl methyl sites for hydroxylation is 2. The molecule has 0 aliphatic carbocycles. The zero-order chi connectivity index (χ0) is 10.7. The van der Waals surface area contributed by atoms with Gasteiger partial charge in [0.2, 0.25) is 5.13 Å². The van der Waals surface area contributed by atoms with E-state index in [4.69, 9.17) is 0 Å². The topological polar surface area (TPSA) is 50.7 Å². The lowest BCUT2D eigenvalue weighted by Crippen LogP contribution is -1.96. The Morgan fingerprint density at radius 3 is 2.80 bits per heavy atom. The van der Waals surface area contributed by atoms with E-state index < -0.39 is 0 Å². The highest BCUT2D eigenvalue weighted by atomic mass is 32.1. The molecular weight excluding hydrogens is 228 g/mol. The van der Waals surface area contributed by atoms with Gasteiger partial charge in [0.05, 0.1) is 11.6 Å². The largest absolute Gasteiger partial charge is 0.355 e. The Hall–Kier alpha value is -1.01. The van der Waals surface area contributed by atoms with Crippen LogP contribution in [0.2, 0.25) is 0 Å². The van der Waals surface area contributed by atoms with E-state index in [0.29, 0.717) is 0 Å². The minimum absolute atomic E-state index is 0.782. The Bertz CT molecular complexity index is 435. The molecule has 80 valence electrons. The highest BCUT2D eigenvalue weighted by Crippen LogP contribution is 2.18. The van der Waals surface area contributed by atoms with Crippen molar-refractivity contribution in [3.8, 4) is 0 Å². The van der Waals surface area contributed by atoms with E-state index in [2.05, 4.69) is 27.4 Å². The van der Waals surface area contributed by atoms with E-state index >= 15 is 0 Å². The second-order valence-electron chi connectivity index (χ2n) is 3.05. The summed E-state index contributed by atoms with van der Waals surface area (Å²) in [6, 6.07) is 0. The van der Waals surface area contributed by atoms with Crippen LogP contribution in [0, 0.1) is 6.92 Å². The van der Waals surface area contributed by atoms with E-state index in [1.54, 1.807) is 22.7 Å². The summed E-state index contributed by atoms with van der Waals surface area (Å²) in [6.45, 7) is 4.87. The van der Waals surface area contributed by atoms with Gasteiger partial charge in [-0.3, -0.25) is 0 Å². The lowest BCUT2D eigenvalue weighted by Gasteiger charge is -1.96.